The molecule has 24 heavy (non-hydrogen) atoms. The molecule has 0 saturated heterocycles. The molecule has 0 bridgehead atoms. The van der Waals surface area contributed by atoms with E-state index in [0.717, 1.165) is 12.0 Å². The highest BCUT2D eigenvalue weighted by atomic mass is 35.5. The van der Waals surface area contributed by atoms with Crippen molar-refractivity contribution in [1.82, 2.24) is 0 Å². The smallest absolute Gasteiger partial charge is 0.239 e. The van der Waals surface area contributed by atoms with Crippen molar-refractivity contribution < 1.29 is 13.2 Å². The number of primary sulfonamides is 1. The summed E-state index contributed by atoms with van der Waals surface area (Å²) in [5.74, 6) is -0.277. The van der Waals surface area contributed by atoms with Crippen LogP contribution in [0.5, 0.6) is 0 Å². The van der Waals surface area contributed by atoms with Crippen LogP contribution in [-0.2, 0) is 10.0 Å². The summed E-state index contributed by atoms with van der Waals surface area (Å²) in [5.41, 5.74) is 1.87. The molecule has 1 aliphatic rings. The van der Waals surface area contributed by atoms with Crippen LogP contribution in [0.15, 0.2) is 58.8 Å². The molecule has 1 atom stereocenters. The molecule has 0 aliphatic carbocycles. The maximum absolute atomic E-state index is 12.6. The molecule has 3 rings (SSSR count). The van der Waals surface area contributed by atoms with Crippen molar-refractivity contribution in [3.8, 4) is 0 Å². The molecule has 1 heterocycles. The minimum absolute atomic E-state index is 0.00449. The fraction of sp³-hybridized carbons (Fsp3) is 0.118. The monoisotopic (exact) mass is 379 g/mol. The fourth-order valence-corrected chi connectivity index (χ4v) is 4.50. The van der Waals surface area contributed by atoms with E-state index in [9.17, 15) is 13.2 Å². The predicted molar refractivity (Wildman–Crippen MR) is 96.8 cm³/mol. The quantitative estimate of drug-likeness (QED) is 0.817. The Hall–Kier alpha value is -1.60. The van der Waals surface area contributed by atoms with Crippen LogP contribution in [0, 0.1) is 0 Å². The molecule has 7 heteroatoms. The summed E-state index contributed by atoms with van der Waals surface area (Å²) in [6.07, 6.45) is 3.10. The molecule has 0 radical (unpaired) electrons. The van der Waals surface area contributed by atoms with Gasteiger partial charge in [-0.05, 0) is 35.6 Å². The van der Waals surface area contributed by atoms with Gasteiger partial charge in [0.1, 0.15) is 4.90 Å². The lowest BCUT2D eigenvalue weighted by Crippen LogP contribution is -2.14. The van der Waals surface area contributed by atoms with Crippen LogP contribution in [0.4, 0.5) is 0 Å². The lowest BCUT2D eigenvalue weighted by atomic mass is 10.0. The van der Waals surface area contributed by atoms with Crippen LogP contribution in [0.25, 0.3) is 0 Å². The standard InChI is InChI=1S/C17H14ClNO3S2/c18-14-8-7-13(10-16(14)24(19,21)22)17(20)12-5-3-11(4-6-12)15-2-1-9-23-15/h1,3-10,15H,2H2,(H2,19,21,22). The van der Waals surface area contributed by atoms with Gasteiger partial charge in [-0.2, -0.15) is 0 Å². The first kappa shape index (κ1) is 17.2. The SMILES string of the molecule is NS(=O)(=O)c1cc(C(=O)c2ccc(C3CC=CS3)cc2)ccc1Cl. The number of rotatable bonds is 4. The van der Waals surface area contributed by atoms with Gasteiger partial charge in [0.2, 0.25) is 10.0 Å². The zero-order valence-corrected chi connectivity index (χ0v) is 14.9. The molecule has 4 nitrogen and oxygen atoms in total. The number of carbonyl (C=O) groups excluding carboxylic acids is 1. The van der Waals surface area contributed by atoms with Gasteiger partial charge in [0.15, 0.2) is 5.78 Å². The van der Waals surface area contributed by atoms with E-state index in [1.807, 2.05) is 12.1 Å². The zero-order valence-electron chi connectivity index (χ0n) is 12.5. The van der Waals surface area contributed by atoms with E-state index in [0.29, 0.717) is 10.8 Å². The molecule has 0 aromatic heterocycles. The van der Waals surface area contributed by atoms with Crippen LogP contribution in [0.2, 0.25) is 5.02 Å². The van der Waals surface area contributed by atoms with E-state index in [2.05, 4.69) is 11.5 Å². The Kier molecular flexibility index (Phi) is 4.83. The molecule has 0 fully saturated rings. The highest BCUT2D eigenvalue weighted by Crippen LogP contribution is 2.38. The summed E-state index contributed by atoms with van der Waals surface area (Å²) >= 11 is 7.60. The van der Waals surface area contributed by atoms with Gasteiger partial charge in [0.25, 0.3) is 0 Å². The molecule has 0 spiro atoms. The predicted octanol–water partition coefficient (Wildman–Crippen LogP) is 3.91. The second-order valence-corrected chi connectivity index (χ2v) is 8.42. The Bertz CT molecular complexity index is 913. The van der Waals surface area contributed by atoms with E-state index in [4.69, 9.17) is 16.7 Å². The number of hydrogen-bond acceptors (Lipinski definition) is 4. The first-order valence-corrected chi connectivity index (χ1v) is 10.0. The van der Waals surface area contributed by atoms with E-state index >= 15 is 0 Å². The number of sulfonamides is 1. The molecule has 2 N–H and O–H groups in total. The third-order valence-corrected chi connectivity index (χ3v) is 6.27. The Morgan fingerprint density at radius 2 is 1.79 bits per heavy atom. The van der Waals surface area contributed by atoms with Crippen LogP contribution >= 0.6 is 23.4 Å². The zero-order chi connectivity index (χ0) is 17.3. The average Bonchev–Trinajstić information content (AvgIpc) is 3.08. The molecule has 0 saturated carbocycles. The van der Waals surface area contributed by atoms with Crippen molar-refractivity contribution in [3.05, 3.63) is 75.7 Å². The molecule has 1 unspecified atom stereocenters. The Morgan fingerprint density at radius 1 is 1.12 bits per heavy atom. The summed E-state index contributed by atoms with van der Waals surface area (Å²) in [7, 11) is -3.98. The number of hydrogen-bond donors (Lipinski definition) is 1. The van der Waals surface area contributed by atoms with Gasteiger partial charge in [0, 0.05) is 16.4 Å². The fourth-order valence-electron chi connectivity index (χ4n) is 2.48. The van der Waals surface area contributed by atoms with Gasteiger partial charge in [0.05, 0.1) is 5.02 Å². The third kappa shape index (κ3) is 3.57. The van der Waals surface area contributed by atoms with E-state index in [1.165, 1.54) is 18.2 Å². The van der Waals surface area contributed by atoms with Gasteiger partial charge in [-0.15, -0.1) is 11.8 Å². The van der Waals surface area contributed by atoms with Crippen LogP contribution in [-0.4, -0.2) is 14.2 Å². The minimum Gasteiger partial charge on any atom is -0.289 e. The highest BCUT2D eigenvalue weighted by molar-refractivity contribution is 8.02. The first-order chi connectivity index (χ1) is 11.4. The van der Waals surface area contributed by atoms with Crippen LogP contribution in [0.1, 0.15) is 33.2 Å². The van der Waals surface area contributed by atoms with Gasteiger partial charge >= 0.3 is 0 Å². The molecular formula is C17H14ClNO3S2. The van der Waals surface area contributed by atoms with Gasteiger partial charge in [-0.25, -0.2) is 13.6 Å². The second kappa shape index (κ2) is 6.72. The third-order valence-electron chi connectivity index (χ3n) is 3.73. The summed E-state index contributed by atoms with van der Waals surface area (Å²) in [6, 6.07) is 11.4. The first-order valence-electron chi connectivity index (χ1n) is 7.14. The van der Waals surface area contributed by atoms with Crippen molar-refractivity contribution in [3.63, 3.8) is 0 Å². The van der Waals surface area contributed by atoms with E-state index in [1.54, 1.807) is 23.9 Å². The van der Waals surface area contributed by atoms with Gasteiger partial charge < -0.3 is 0 Å². The lowest BCUT2D eigenvalue weighted by Gasteiger charge is -2.10. The van der Waals surface area contributed by atoms with Gasteiger partial charge in [-0.1, -0.05) is 41.9 Å². The summed E-state index contributed by atoms with van der Waals surface area (Å²) in [4.78, 5) is 12.3. The molecule has 0 amide bonds. The van der Waals surface area contributed by atoms with Crippen LogP contribution in [0.3, 0.4) is 0 Å². The number of nitrogens with two attached hydrogens (primary N) is 1. The second-order valence-electron chi connectivity index (χ2n) is 5.37. The van der Waals surface area contributed by atoms with Crippen molar-refractivity contribution >= 4 is 39.2 Å². The van der Waals surface area contributed by atoms with Crippen LogP contribution < -0.4 is 5.14 Å². The summed E-state index contributed by atoms with van der Waals surface area (Å²) in [6.45, 7) is 0. The van der Waals surface area contributed by atoms with Crippen molar-refractivity contribution in [1.29, 1.82) is 0 Å². The van der Waals surface area contributed by atoms with Crippen molar-refractivity contribution in [2.45, 2.75) is 16.6 Å². The normalized spacial score (nSPS) is 17.2. The molecule has 2 aromatic carbocycles. The van der Waals surface area contributed by atoms with E-state index in [-0.39, 0.29) is 21.3 Å². The topological polar surface area (TPSA) is 77.2 Å². The summed E-state index contributed by atoms with van der Waals surface area (Å²) < 4.78 is 23.1. The molecule has 2 aromatic rings. The number of halogens is 1. The number of ketones is 1. The molecular weight excluding hydrogens is 366 g/mol. The highest BCUT2D eigenvalue weighted by Gasteiger charge is 2.18. The van der Waals surface area contributed by atoms with Crippen molar-refractivity contribution in [2.75, 3.05) is 0 Å². The van der Waals surface area contributed by atoms with E-state index < -0.39 is 10.0 Å². The minimum atomic E-state index is -3.98. The molecule has 1 aliphatic heterocycles. The number of thioether (sulfide) groups is 1. The Morgan fingerprint density at radius 3 is 2.38 bits per heavy atom. The average molecular weight is 380 g/mol. The largest absolute Gasteiger partial charge is 0.289 e. The number of carbonyl (C=O) groups is 1. The Balaban J connectivity index is 1.89. The number of benzene rings is 2. The van der Waals surface area contributed by atoms with Crippen molar-refractivity contribution in [2.24, 2.45) is 5.14 Å². The number of allylic oxidation sites excluding steroid dienone is 1. The van der Waals surface area contributed by atoms with Gasteiger partial charge in [-0.3, -0.25) is 4.79 Å². The maximum Gasteiger partial charge on any atom is 0.239 e. The lowest BCUT2D eigenvalue weighted by molar-refractivity contribution is 0.103. The Labute approximate surface area is 149 Å². The maximum atomic E-state index is 12.6. The molecule has 124 valence electrons. The summed E-state index contributed by atoms with van der Waals surface area (Å²) in [5, 5.41) is 7.58.